The van der Waals surface area contributed by atoms with Crippen LogP contribution in [0.2, 0.25) is 0 Å². The Morgan fingerprint density at radius 1 is 1.02 bits per heavy atom. The number of aromatic nitrogens is 2. The largest absolute Gasteiger partial charge is 0.861 e. The van der Waals surface area contributed by atoms with E-state index in [2.05, 4.69) is 15.3 Å². The number of anilines is 1. The predicted molar refractivity (Wildman–Crippen MR) is 162 cm³/mol. The molecule has 0 saturated carbocycles. The number of carbonyl (C=O) groups is 1. The number of aliphatic imine (C=N–C) groups is 2. The summed E-state index contributed by atoms with van der Waals surface area (Å²) in [4.78, 5) is 25.1. The molecule has 0 atom stereocenters. The van der Waals surface area contributed by atoms with Crippen LogP contribution in [-0.4, -0.2) is 54.3 Å². The Kier molecular flexibility index (Phi) is 8.76. The van der Waals surface area contributed by atoms with Gasteiger partial charge in [-0.15, -0.1) is 5.01 Å². The third-order valence-electron chi connectivity index (χ3n) is 6.56. The standard InChI is InChI=1S/C31H28N6O5S/c38-28(33-29-20-36(34-42-29)35-15-17-40-18-16-35)22-43-31-32-27(30(39)37(31)25-9-5-2-6-10-25)19-23-11-13-26(14-12-23)41-21-24-7-3-1-4-8-24/h1-14,19-20H,15-18,21-22H2/b27-19+. The van der Waals surface area contributed by atoms with Crippen LogP contribution in [0.3, 0.4) is 0 Å². The number of carbonyl (C=O) groups excluding carboxylic acids is 1. The van der Waals surface area contributed by atoms with E-state index < -0.39 is 5.90 Å². The number of hydrogen-bond donors (Lipinski definition) is 0. The van der Waals surface area contributed by atoms with Crippen molar-refractivity contribution in [3.8, 4) is 5.75 Å². The number of morpholine rings is 1. The predicted octanol–water partition coefficient (Wildman–Crippen LogP) is 3.08. The molecule has 0 N–H and O–H groups in total. The zero-order valence-electron chi connectivity index (χ0n) is 23.1. The Morgan fingerprint density at radius 2 is 1.74 bits per heavy atom. The molecular formula is C31H28N6O5S. The van der Waals surface area contributed by atoms with Gasteiger partial charge in [-0.3, -0.25) is 14.2 Å². The van der Waals surface area contributed by atoms with Crippen molar-refractivity contribution < 1.29 is 28.7 Å². The number of hydrogen-bond acceptors (Lipinski definition) is 10. The van der Waals surface area contributed by atoms with Crippen LogP contribution in [0.25, 0.3) is 6.08 Å². The monoisotopic (exact) mass is 596 g/mol. The summed E-state index contributed by atoms with van der Waals surface area (Å²) < 4.78 is 16.4. The molecule has 1 fully saturated rings. The number of ether oxygens (including phenoxy) is 2. The minimum atomic E-state index is -0.443. The highest BCUT2D eigenvalue weighted by Gasteiger charge is 2.32. The first kappa shape index (κ1) is 28.2. The molecule has 0 unspecified atom stereocenters. The van der Waals surface area contributed by atoms with Gasteiger partial charge in [-0.25, -0.2) is 9.98 Å². The normalized spacial score (nSPS) is 16.6. The van der Waals surface area contributed by atoms with E-state index in [1.165, 1.54) is 9.69 Å². The number of amidine groups is 1. The van der Waals surface area contributed by atoms with Gasteiger partial charge in [-0.2, -0.15) is 0 Å². The van der Waals surface area contributed by atoms with Gasteiger partial charge < -0.3 is 14.6 Å². The minimum Gasteiger partial charge on any atom is -0.861 e. The van der Waals surface area contributed by atoms with Crippen molar-refractivity contribution in [2.75, 3.05) is 42.0 Å². The molecule has 2 aliphatic rings. The Bertz CT molecular complexity index is 1630. The molecule has 11 nitrogen and oxygen atoms in total. The van der Waals surface area contributed by atoms with Gasteiger partial charge in [0.05, 0.1) is 36.8 Å². The van der Waals surface area contributed by atoms with Gasteiger partial charge >= 0.3 is 5.88 Å². The van der Waals surface area contributed by atoms with E-state index in [4.69, 9.17) is 14.0 Å². The fraction of sp³-hybridized carbons (Fsp3) is 0.194. The molecule has 3 aromatic carbocycles. The van der Waals surface area contributed by atoms with Gasteiger partial charge in [-0.05, 0) is 47.4 Å². The number of amides is 1. The zero-order valence-corrected chi connectivity index (χ0v) is 23.9. The lowest BCUT2D eigenvalue weighted by Crippen LogP contribution is -2.62. The number of rotatable bonds is 9. The van der Waals surface area contributed by atoms with Crippen LogP contribution in [0.4, 0.5) is 11.6 Å². The Labute approximate surface area is 252 Å². The van der Waals surface area contributed by atoms with E-state index in [0.29, 0.717) is 43.8 Å². The molecular weight excluding hydrogens is 568 g/mol. The van der Waals surface area contributed by atoms with Crippen molar-refractivity contribution in [3.63, 3.8) is 0 Å². The highest BCUT2D eigenvalue weighted by molar-refractivity contribution is 8.14. The van der Waals surface area contributed by atoms with Crippen LogP contribution in [0.1, 0.15) is 11.1 Å². The molecule has 1 saturated heterocycles. The molecule has 12 heteroatoms. The molecule has 6 rings (SSSR count). The van der Waals surface area contributed by atoms with Gasteiger partial charge in [-0.1, -0.05) is 72.4 Å². The van der Waals surface area contributed by atoms with Gasteiger partial charge in [0.2, 0.25) is 5.27 Å². The van der Waals surface area contributed by atoms with Gasteiger partial charge in [0.15, 0.2) is 5.17 Å². The van der Waals surface area contributed by atoms with E-state index in [-0.39, 0.29) is 23.2 Å². The summed E-state index contributed by atoms with van der Waals surface area (Å²) in [7, 11) is 0. The molecule has 0 aliphatic carbocycles. The lowest BCUT2D eigenvalue weighted by atomic mass is 10.2. The average molecular weight is 597 g/mol. The van der Waals surface area contributed by atoms with Crippen molar-refractivity contribution in [2.24, 2.45) is 9.98 Å². The molecule has 218 valence electrons. The van der Waals surface area contributed by atoms with Crippen LogP contribution in [0.5, 0.6) is 5.75 Å². The van der Waals surface area contributed by atoms with Crippen molar-refractivity contribution in [3.05, 3.63) is 108 Å². The van der Waals surface area contributed by atoms with Crippen LogP contribution in [-0.2, 0) is 16.1 Å². The van der Waals surface area contributed by atoms with Crippen molar-refractivity contribution in [1.29, 1.82) is 0 Å². The zero-order chi connectivity index (χ0) is 29.4. The fourth-order valence-electron chi connectivity index (χ4n) is 4.41. The fourth-order valence-corrected chi connectivity index (χ4v) is 5.21. The molecule has 4 aromatic rings. The van der Waals surface area contributed by atoms with Crippen molar-refractivity contribution in [1.82, 2.24) is 5.27 Å². The highest BCUT2D eigenvalue weighted by Crippen LogP contribution is 2.29. The van der Waals surface area contributed by atoms with E-state index in [1.807, 2.05) is 89.9 Å². The third-order valence-corrected chi connectivity index (χ3v) is 7.48. The van der Waals surface area contributed by atoms with Gasteiger partial charge in [0.25, 0.3) is 12.1 Å². The maximum absolute atomic E-state index is 13.5. The second-order valence-corrected chi connectivity index (χ2v) is 10.5. The maximum Gasteiger partial charge on any atom is 0.324 e. The SMILES string of the molecule is O=C1/C(=C\c2ccc(OCc3ccccc3)cc2)N=C(SC/C([O-])=N/c2c[n+](N3CCOCC3)no2)N1c1ccccc1. The molecule has 0 spiro atoms. The van der Waals surface area contributed by atoms with Gasteiger partial charge in [0, 0.05) is 5.75 Å². The lowest BCUT2D eigenvalue weighted by molar-refractivity contribution is -0.759. The molecule has 1 amide bonds. The smallest absolute Gasteiger partial charge is 0.324 e. The second kappa shape index (κ2) is 13.4. The minimum absolute atomic E-state index is 0.0472. The van der Waals surface area contributed by atoms with E-state index >= 15 is 0 Å². The maximum atomic E-state index is 13.5. The van der Waals surface area contributed by atoms with E-state index in [0.717, 1.165) is 28.6 Å². The number of benzene rings is 3. The first-order valence-corrected chi connectivity index (χ1v) is 14.7. The van der Waals surface area contributed by atoms with E-state index in [1.54, 1.807) is 12.3 Å². The summed E-state index contributed by atoms with van der Waals surface area (Å²) in [6.07, 6.45) is 3.28. The first-order valence-electron chi connectivity index (χ1n) is 13.7. The Morgan fingerprint density at radius 3 is 2.49 bits per heavy atom. The number of para-hydroxylation sites is 1. The highest BCUT2D eigenvalue weighted by atomic mass is 32.2. The van der Waals surface area contributed by atoms with Crippen LogP contribution < -0.4 is 24.5 Å². The van der Waals surface area contributed by atoms with E-state index in [9.17, 15) is 9.90 Å². The summed E-state index contributed by atoms with van der Waals surface area (Å²) in [5.41, 5.74) is 2.78. The summed E-state index contributed by atoms with van der Waals surface area (Å²) in [5.74, 6) is 0.0393. The first-order chi connectivity index (χ1) is 21.1. The molecule has 0 radical (unpaired) electrons. The molecule has 3 heterocycles. The second-order valence-electron chi connectivity index (χ2n) is 9.56. The summed E-state index contributed by atoms with van der Waals surface area (Å²) in [5, 5.41) is 19.0. The summed E-state index contributed by atoms with van der Waals surface area (Å²) in [6, 6.07) is 26.6. The van der Waals surface area contributed by atoms with Crippen molar-refractivity contribution >= 4 is 46.4 Å². The summed E-state index contributed by atoms with van der Waals surface area (Å²) >= 11 is 1.13. The van der Waals surface area contributed by atoms with Crippen LogP contribution in [0, 0.1) is 0 Å². The van der Waals surface area contributed by atoms with Crippen LogP contribution >= 0.6 is 11.8 Å². The lowest BCUT2D eigenvalue weighted by Gasteiger charge is -2.18. The Hall–Kier alpha value is -4.94. The number of thioether (sulfide) groups is 1. The topological polar surface area (TPSA) is 120 Å². The average Bonchev–Trinajstić information content (AvgIpc) is 3.65. The quantitative estimate of drug-likeness (QED) is 0.125. The molecule has 2 aliphatic heterocycles. The molecule has 0 bridgehead atoms. The summed E-state index contributed by atoms with van der Waals surface area (Å²) in [6.45, 7) is 2.96. The van der Waals surface area contributed by atoms with Crippen molar-refractivity contribution in [2.45, 2.75) is 6.61 Å². The van der Waals surface area contributed by atoms with Crippen LogP contribution in [0.15, 0.2) is 111 Å². The molecule has 1 aromatic heterocycles. The Balaban J connectivity index is 1.15. The number of nitrogens with zero attached hydrogens (tertiary/aromatic N) is 6. The third kappa shape index (κ3) is 7.11. The molecule has 43 heavy (non-hydrogen) atoms. The van der Waals surface area contributed by atoms with Gasteiger partial charge in [0.1, 0.15) is 18.1 Å².